The minimum Gasteiger partial charge on any atom is -0.495 e. The fraction of sp³-hybridized carbons (Fsp3) is 0.406. The first-order valence-electron chi connectivity index (χ1n) is 15.5. The highest BCUT2D eigenvalue weighted by Crippen LogP contribution is 2.45. The van der Waals surface area contributed by atoms with Crippen molar-refractivity contribution in [3.05, 3.63) is 70.0 Å². The number of benzene rings is 2. The van der Waals surface area contributed by atoms with Gasteiger partial charge in [-0.15, -0.1) is 18.3 Å². The van der Waals surface area contributed by atoms with Crippen LogP contribution >= 0.6 is 23.2 Å². The number of aromatic nitrogens is 2. The number of hydrazone groups is 1. The summed E-state index contributed by atoms with van der Waals surface area (Å²) in [5.41, 5.74) is 1.10. The molecule has 0 radical (unpaired) electrons. The van der Waals surface area contributed by atoms with E-state index in [4.69, 9.17) is 23.2 Å². The maximum atomic E-state index is 14.3. The number of halogens is 5. The molecule has 3 atom stereocenters. The third-order valence-electron chi connectivity index (χ3n) is 9.50. The Morgan fingerprint density at radius 1 is 1.14 bits per heavy atom. The molecule has 1 saturated heterocycles. The first-order valence-corrected chi connectivity index (χ1v) is 16.3. The van der Waals surface area contributed by atoms with Crippen molar-refractivity contribution in [1.29, 1.82) is 0 Å². The van der Waals surface area contributed by atoms with Gasteiger partial charge in [-0.1, -0.05) is 35.3 Å². The fourth-order valence-electron chi connectivity index (χ4n) is 6.96. The number of hydrogen-bond donors (Lipinski definition) is 3. The Labute approximate surface area is 287 Å². The van der Waals surface area contributed by atoms with E-state index >= 15 is 0 Å². The summed E-state index contributed by atoms with van der Waals surface area (Å²) >= 11 is 12.5. The highest BCUT2D eigenvalue weighted by atomic mass is 35.5. The van der Waals surface area contributed by atoms with E-state index in [9.17, 15) is 32.7 Å². The van der Waals surface area contributed by atoms with Crippen LogP contribution in [0.3, 0.4) is 0 Å². The number of nitrogens with one attached hydrogen (secondary N) is 2. The molecule has 12 nitrogen and oxygen atoms in total. The molecule has 3 aliphatic heterocycles. The van der Waals surface area contributed by atoms with Crippen LogP contribution in [0, 0.1) is 5.92 Å². The Hall–Kier alpha value is -4.50. The SMILES string of the molecule is C[C@@]1(Cc2ccc(OC(F)(F)F)cc2)C(=O)N(c2cc(Cl)cc(Cl)c2)c2ncc(C(=O)NC3(C(=O)N4CC[C@@H](C5CC(O)=NN5)C4)CC3)n21. The number of aliphatic hydroxyl groups excluding tert-OH is 1. The van der Waals surface area contributed by atoms with Gasteiger partial charge in [0.15, 0.2) is 0 Å². The number of amides is 3. The molecule has 0 bridgehead atoms. The summed E-state index contributed by atoms with van der Waals surface area (Å²) in [5, 5.41) is 17.0. The third kappa shape index (κ3) is 6.14. The lowest BCUT2D eigenvalue weighted by molar-refractivity contribution is -0.274. The molecular formula is C32H30Cl2F3N7O5. The lowest BCUT2D eigenvalue weighted by Crippen LogP contribution is -2.51. The van der Waals surface area contributed by atoms with Crippen LogP contribution in [0.4, 0.5) is 24.8 Å². The summed E-state index contributed by atoms with van der Waals surface area (Å²) in [4.78, 5) is 49.6. The molecular weight excluding hydrogens is 690 g/mol. The van der Waals surface area contributed by atoms with Crippen molar-refractivity contribution < 1.29 is 37.4 Å². The first kappa shape index (κ1) is 33.0. The third-order valence-corrected chi connectivity index (χ3v) is 9.94. The van der Waals surface area contributed by atoms with E-state index in [2.05, 4.69) is 25.6 Å². The summed E-state index contributed by atoms with van der Waals surface area (Å²) in [6.07, 6.45) is -1.62. The second kappa shape index (κ2) is 11.8. The molecule has 2 aromatic carbocycles. The van der Waals surface area contributed by atoms with E-state index in [1.807, 2.05) is 0 Å². The second-order valence-electron chi connectivity index (χ2n) is 13.0. The molecule has 3 N–H and O–H groups in total. The van der Waals surface area contributed by atoms with Gasteiger partial charge in [0.05, 0.1) is 17.9 Å². The van der Waals surface area contributed by atoms with Gasteiger partial charge in [0.2, 0.25) is 17.8 Å². The second-order valence-corrected chi connectivity index (χ2v) is 13.9. The number of carbonyl (C=O) groups excluding carboxylic acids is 3. The Bertz CT molecular complexity index is 1860. The molecule has 3 amide bonds. The van der Waals surface area contributed by atoms with Gasteiger partial charge in [-0.2, -0.15) is 0 Å². The largest absolute Gasteiger partial charge is 0.573 e. The first-order chi connectivity index (χ1) is 23.2. The minimum atomic E-state index is -4.87. The minimum absolute atomic E-state index is 0.0136. The average molecular weight is 721 g/mol. The molecule has 17 heteroatoms. The van der Waals surface area contributed by atoms with Crippen molar-refractivity contribution in [2.45, 2.75) is 62.5 Å². The predicted octanol–water partition coefficient (Wildman–Crippen LogP) is 5.07. The molecule has 2 fully saturated rings. The highest BCUT2D eigenvalue weighted by molar-refractivity contribution is 6.35. The monoisotopic (exact) mass is 719 g/mol. The lowest BCUT2D eigenvalue weighted by atomic mass is 9.91. The number of aliphatic hydroxyl groups is 1. The summed E-state index contributed by atoms with van der Waals surface area (Å²) in [7, 11) is 0. The van der Waals surface area contributed by atoms with Crippen LogP contribution in [0.15, 0.2) is 53.8 Å². The molecule has 0 spiro atoms. The van der Waals surface area contributed by atoms with Crippen LogP contribution in [0.1, 0.15) is 48.7 Å². The number of ether oxygens (including phenoxy) is 1. The Balaban J connectivity index is 1.17. The number of carbonyl (C=O) groups is 3. The zero-order valence-corrected chi connectivity index (χ0v) is 27.4. The molecule has 4 aliphatic rings. The Morgan fingerprint density at radius 2 is 1.84 bits per heavy atom. The number of alkyl halides is 3. The van der Waals surface area contributed by atoms with Gasteiger partial charge >= 0.3 is 6.36 Å². The molecule has 4 heterocycles. The smallest absolute Gasteiger partial charge is 0.495 e. The van der Waals surface area contributed by atoms with Crippen molar-refractivity contribution >= 4 is 58.5 Å². The molecule has 1 aliphatic carbocycles. The number of rotatable bonds is 8. The van der Waals surface area contributed by atoms with Crippen molar-refractivity contribution in [2.75, 3.05) is 18.0 Å². The topological polar surface area (TPSA) is 141 Å². The molecule has 1 saturated carbocycles. The number of anilines is 2. The van der Waals surface area contributed by atoms with Crippen molar-refractivity contribution in [3.63, 3.8) is 0 Å². The maximum Gasteiger partial charge on any atom is 0.573 e. The average Bonchev–Trinajstić information content (AvgIpc) is 3.39. The van der Waals surface area contributed by atoms with Crippen molar-refractivity contribution in [1.82, 2.24) is 25.2 Å². The normalized spacial score (nSPS) is 24.0. The van der Waals surface area contributed by atoms with E-state index in [0.717, 1.165) is 18.6 Å². The van der Waals surface area contributed by atoms with Crippen molar-refractivity contribution in [3.8, 4) is 5.75 Å². The number of likely N-dealkylation sites (tertiary alicyclic amines) is 1. The zero-order valence-electron chi connectivity index (χ0n) is 25.9. The predicted molar refractivity (Wildman–Crippen MR) is 172 cm³/mol. The standard InChI is InChI=1S/C32H30Cl2F3N7O5/c1-30(14-17-2-4-22(5-3-17)49-32(35,36)37)27(47)43(21-11-19(33)10-20(34)12-21)29-38-15-24(44(29)30)26(46)39-31(7-8-31)28(48)42-9-6-18(16-42)23-13-25(45)41-40-23/h2-5,10-12,15,18,23,40H,6-9,13-14,16H2,1H3,(H,39,46)(H,41,45)/t18-,23?,30-/m1/s1. The van der Waals surface area contributed by atoms with Gasteiger partial charge in [-0.3, -0.25) is 19.0 Å². The number of hydrogen-bond acceptors (Lipinski definition) is 7. The zero-order chi connectivity index (χ0) is 34.9. The molecule has 1 aromatic heterocycles. The van der Waals surface area contributed by atoms with E-state index in [-0.39, 0.29) is 51.9 Å². The van der Waals surface area contributed by atoms with Crippen LogP contribution in [0.25, 0.3) is 0 Å². The number of fused-ring (bicyclic) bond motifs is 1. The molecule has 1 unspecified atom stereocenters. The van der Waals surface area contributed by atoms with Gasteiger partial charge in [-0.25, -0.2) is 9.88 Å². The molecule has 7 rings (SSSR count). The molecule has 49 heavy (non-hydrogen) atoms. The summed E-state index contributed by atoms with van der Waals surface area (Å²) < 4.78 is 43.8. The lowest BCUT2D eigenvalue weighted by Gasteiger charge is -2.28. The number of imidazole rings is 1. The van der Waals surface area contributed by atoms with Gasteiger partial charge in [-0.05, 0) is 62.1 Å². The highest BCUT2D eigenvalue weighted by Gasteiger charge is 2.56. The summed E-state index contributed by atoms with van der Waals surface area (Å²) in [5.74, 6) is -1.52. The van der Waals surface area contributed by atoms with Crippen LogP contribution < -0.4 is 20.4 Å². The van der Waals surface area contributed by atoms with Crippen LogP contribution in [0.5, 0.6) is 5.75 Å². The number of nitrogens with zero attached hydrogens (tertiary/aromatic N) is 5. The van der Waals surface area contributed by atoms with Crippen LogP contribution in [-0.2, 0) is 21.5 Å². The van der Waals surface area contributed by atoms with E-state index in [0.29, 0.717) is 43.6 Å². The van der Waals surface area contributed by atoms with Gasteiger partial charge < -0.3 is 25.5 Å². The van der Waals surface area contributed by atoms with Gasteiger partial charge in [0.25, 0.3) is 11.8 Å². The van der Waals surface area contributed by atoms with E-state index < -0.39 is 35.0 Å². The van der Waals surface area contributed by atoms with Gasteiger partial charge in [0, 0.05) is 41.9 Å². The van der Waals surface area contributed by atoms with E-state index in [1.165, 1.54) is 46.0 Å². The maximum absolute atomic E-state index is 14.3. The quantitative estimate of drug-likeness (QED) is 0.295. The van der Waals surface area contributed by atoms with Gasteiger partial charge in [0.1, 0.15) is 22.5 Å². The Kier molecular flexibility index (Phi) is 7.97. The molecule has 3 aromatic rings. The molecule has 258 valence electrons. The van der Waals surface area contributed by atoms with Crippen LogP contribution in [-0.4, -0.2) is 74.2 Å². The Morgan fingerprint density at radius 3 is 2.45 bits per heavy atom. The summed E-state index contributed by atoms with van der Waals surface area (Å²) in [6, 6.07) is 9.58. The summed E-state index contributed by atoms with van der Waals surface area (Å²) in [6.45, 7) is 2.55. The van der Waals surface area contributed by atoms with Crippen molar-refractivity contribution in [2.24, 2.45) is 11.0 Å². The fourth-order valence-corrected chi connectivity index (χ4v) is 7.47. The van der Waals surface area contributed by atoms with Crippen LogP contribution in [0.2, 0.25) is 10.0 Å². The van der Waals surface area contributed by atoms with E-state index in [1.54, 1.807) is 11.8 Å².